The average molecular weight is 448 g/mol. The molecule has 31 heavy (non-hydrogen) atoms. The molecule has 1 unspecified atom stereocenters. The molecule has 0 aromatic heterocycles. The van der Waals surface area contributed by atoms with Gasteiger partial charge in [0.15, 0.2) is 11.5 Å². The molecule has 162 valence electrons. The highest BCUT2D eigenvalue weighted by atomic mass is 35.5. The molecule has 2 heterocycles. The number of ether oxygens (including phenoxy) is 4. The van der Waals surface area contributed by atoms with Crippen LogP contribution in [0.15, 0.2) is 41.6 Å². The lowest BCUT2D eigenvalue weighted by Crippen LogP contribution is -2.37. The van der Waals surface area contributed by atoms with Gasteiger partial charge < -0.3 is 18.9 Å². The van der Waals surface area contributed by atoms with Crippen LogP contribution < -0.4 is 19.1 Å². The number of hydrogen-bond acceptors (Lipinski definition) is 6. The largest absolute Gasteiger partial charge is 0.493 e. The Hall–Kier alpha value is -3.26. The summed E-state index contributed by atoms with van der Waals surface area (Å²) in [6, 6.07) is 7.38. The molecule has 2 aliphatic rings. The van der Waals surface area contributed by atoms with E-state index in [1.807, 2.05) is 0 Å². The molecule has 0 fully saturated rings. The van der Waals surface area contributed by atoms with Gasteiger partial charge in [-0.25, -0.2) is 9.18 Å². The van der Waals surface area contributed by atoms with E-state index >= 15 is 0 Å². The van der Waals surface area contributed by atoms with Crippen LogP contribution in [0.3, 0.4) is 0 Å². The molecule has 0 saturated heterocycles. The van der Waals surface area contributed by atoms with Crippen molar-refractivity contribution in [3.63, 3.8) is 0 Å². The number of halogens is 2. The molecule has 0 spiro atoms. The van der Waals surface area contributed by atoms with Crippen molar-refractivity contribution in [1.29, 1.82) is 0 Å². The summed E-state index contributed by atoms with van der Waals surface area (Å²) in [7, 11) is 4.45. The maximum atomic E-state index is 13.6. The van der Waals surface area contributed by atoms with Gasteiger partial charge in [-0.15, -0.1) is 0 Å². The third-order valence-electron chi connectivity index (χ3n) is 5.39. The summed E-state index contributed by atoms with van der Waals surface area (Å²) < 4.78 is 35.2. The topological polar surface area (TPSA) is 74.3 Å². The first-order chi connectivity index (χ1) is 14.9. The van der Waals surface area contributed by atoms with Gasteiger partial charge in [-0.1, -0.05) is 17.7 Å². The summed E-state index contributed by atoms with van der Waals surface area (Å²) in [4.78, 5) is 27.2. The number of amides is 1. The number of carbonyl (C=O) groups excluding carboxylic acids is 2. The Kier molecular flexibility index (Phi) is 5.49. The quantitative estimate of drug-likeness (QED) is 0.648. The maximum absolute atomic E-state index is 13.6. The summed E-state index contributed by atoms with van der Waals surface area (Å²) in [5.74, 6) is -0.851. The minimum absolute atomic E-state index is 0.0330. The average Bonchev–Trinajstić information content (AvgIpc) is 3.15. The van der Waals surface area contributed by atoms with Gasteiger partial charge in [0.1, 0.15) is 12.4 Å². The van der Waals surface area contributed by atoms with Crippen LogP contribution in [0.2, 0.25) is 5.02 Å². The number of cyclic esters (lactones) is 1. The Morgan fingerprint density at radius 2 is 1.81 bits per heavy atom. The van der Waals surface area contributed by atoms with Gasteiger partial charge in [-0.05, 0) is 24.3 Å². The van der Waals surface area contributed by atoms with Crippen molar-refractivity contribution in [3.05, 3.63) is 58.0 Å². The Labute approximate surface area is 182 Å². The Bertz CT molecular complexity index is 1120. The van der Waals surface area contributed by atoms with E-state index in [0.29, 0.717) is 39.8 Å². The highest BCUT2D eigenvalue weighted by Gasteiger charge is 2.44. The lowest BCUT2D eigenvalue weighted by Gasteiger charge is -2.32. The van der Waals surface area contributed by atoms with Gasteiger partial charge in [-0.2, -0.15) is 0 Å². The molecular formula is C22H19ClFNO6. The maximum Gasteiger partial charge on any atom is 0.336 e. The number of anilines is 1. The summed E-state index contributed by atoms with van der Waals surface area (Å²) in [5, 5.41) is -0.124. The number of hydrogen-bond donors (Lipinski definition) is 0. The van der Waals surface area contributed by atoms with Crippen LogP contribution >= 0.6 is 11.6 Å². The van der Waals surface area contributed by atoms with E-state index in [4.69, 9.17) is 30.5 Å². The van der Waals surface area contributed by atoms with Crippen LogP contribution in [0.25, 0.3) is 0 Å². The number of carbonyl (C=O) groups is 2. The summed E-state index contributed by atoms with van der Waals surface area (Å²) in [5.41, 5.74) is 1.69. The van der Waals surface area contributed by atoms with Crippen molar-refractivity contribution in [3.8, 4) is 17.2 Å². The minimum Gasteiger partial charge on any atom is -0.493 e. The standard InChI is InChI=1S/C22H19ClFNO6/c1-28-17-7-5-12(20(29-2)21(17)30-3)13-9-18(26)25(16-10-31-22(27)19(13)16)11-4-6-15(24)14(23)8-11/h4-8,13H,9-10H2,1-3H3. The summed E-state index contributed by atoms with van der Waals surface area (Å²) in [6.45, 7) is -0.0823. The van der Waals surface area contributed by atoms with E-state index in [2.05, 4.69) is 0 Å². The van der Waals surface area contributed by atoms with Gasteiger partial charge >= 0.3 is 5.97 Å². The Morgan fingerprint density at radius 1 is 1.06 bits per heavy atom. The molecule has 1 amide bonds. The zero-order valence-corrected chi connectivity index (χ0v) is 17.8. The minimum atomic E-state index is -0.612. The first kappa shape index (κ1) is 21.0. The molecule has 2 aliphatic heterocycles. The molecule has 4 rings (SSSR count). The molecule has 1 atom stereocenters. The lowest BCUT2D eigenvalue weighted by atomic mass is 9.83. The third-order valence-corrected chi connectivity index (χ3v) is 5.68. The number of benzene rings is 2. The highest BCUT2D eigenvalue weighted by Crippen LogP contribution is 2.49. The smallest absolute Gasteiger partial charge is 0.336 e. The second-order valence-corrected chi connectivity index (χ2v) is 7.35. The second kappa shape index (κ2) is 8.11. The van der Waals surface area contributed by atoms with Crippen molar-refractivity contribution in [2.24, 2.45) is 0 Å². The van der Waals surface area contributed by atoms with Crippen LogP contribution in [0.1, 0.15) is 17.9 Å². The van der Waals surface area contributed by atoms with Gasteiger partial charge in [0.2, 0.25) is 11.7 Å². The number of methoxy groups -OCH3 is 3. The first-order valence-electron chi connectivity index (χ1n) is 9.38. The zero-order chi connectivity index (χ0) is 22.3. The first-order valence-corrected chi connectivity index (χ1v) is 9.76. The van der Waals surface area contributed by atoms with E-state index in [1.165, 1.54) is 44.4 Å². The molecule has 0 saturated carbocycles. The molecular weight excluding hydrogens is 429 g/mol. The van der Waals surface area contributed by atoms with Gasteiger partial charge in [0.25, 0.3) is 0 Å². The number of nitrogens with zero attached hydrogens (tertiary/aromatic N) is 1. The van der Waals surface area contributed by atoms with E-state index in [9.17, 15) is 14.0 Å². The lowest BCUT2D eigenvalue weighted by molar-refractivity contribution is -0.136. The fourth-order valence-corrected chi connectivity index (χ4v) is 4.22. The van der Waals surface area contributed by atoms with Crippen LogP contribution in [0.5, 0.6) is 17.2 Å². The molecule has 2 aromatic carbocycles. The van der Waals surface area contributed by atoms with Gasteiger partial charge in [0, 0.05) is 17.9 Å². The fourth-order valence-electron chi connectivity index (χ4n) is 4.04. The normalized spacial score (nSPS) is 18.1. The highest BCUT2D eigenvalue weighted by molar-refractivity contribution is 6.31. The predicted molar refractivity (Wildman–Crippen MR) is 110 cm³/mol. The van der Waals surface area contributed by atoms with Gasteiger partial charge in [0.05, 0.1) is 43.3 Å². The van der Waals surface area contributed by atoms with Crippen LogP contribution in [-0.2, 0) is 14.3 Å². The second-order valence-electron chi connectivity index (χ2n) is 6.94. The molecule has 0 aliphatic carbocycles. The Balaban J connectivity index is 1.87. The third kappa shape index (κ3) is 3.37. The molecule has 7 nitrogen and oxygen atoms in total. The van der Waals surface area contributed by atoms with E-state index in [1.54, 1.807) is 12.1 Å². The predicted octanol–water partition coefficient (Wildman–Crippen LogP) is 3.84. The molecule has 0 radical (unpaired) electrons. The van der Waals surface area contributed by atoms with Crippen LogP contribution in [0.4, 0.5) is 10.1 Å². The van der Waals surface area contributed by atoms with Gasteiger partial charge in [-0.3, -0.25) is 9.69 Å². The summed E-state index contributed by atoms with van der Waals surface area (Å²) in [6.07, 6.45) is -0.0330. The monoisotopic (exact) mass is 447 g/mol. The van der Waals surface area contributed by atoms with E-state index in [-0.39, 0.29) is 24.0 Å². The van der Waals surface area contributed by atoms with Crippen LogP contribution in [0, 0.1) is 5.82 Å². The molecule has 0 N–H and O–H groups in total. The van der Waals surface area contributed by atoms with Crippen molar-refractivity contribution >= 4 is 29.2 Å². The van der Waals surface area contributed by atoms with Crippen molar-refractivity contribution in [1.82, 2.24) is 0 Å². The Morgan fingerprint density at radius 3 is 2.45 bits per heavy atom. The van der Waals surface area contributed by atoms with Crippen molar-refractivity contribution < 1.29 is 32.9 Å². The molecule has 2 aromatic rings. The zero-order valence-electron chi connectivity index (χ0n) is 17.0. The van der Waals surface area contributed by atoms with Crippen molar-refractivity contribution in [2.45, 2.75) is 12.3 Å². The van der Waals surface area contributed by atoms with E-state index in [0.717, 1.165) is 0 Å². The number of rotatable bonds is 5. The number of esters is 1. The van der Waals surface area contributed by atoms with E-state index < -0.39 is 17.7 Å². The van der Waals surface area contributed by atoms with Crippen molar-refractivity contribution in [2.75, 3.05) is 32.8 Å². The van der Waals surface area contributed by atoms with Crippen LogP contribution in [-0.4, -0.2) is 39.8 Å². The molecule has 0 bridgehead atoms. The summed E-state index contributed by atoms with van der Waals surface area (Å²) >= 11 is 5.91. The SMILES string of the molecule is COc1ccc(C2CC(=O)N(c3ccc(F)c(Cl)c3)C3=C2C(=O)OC3)c(OC)c1OC. The fraction of sp³-hybridized carbons (Fsp3) is 0.273. The molecule has 9 heteroatoms.